The molecular formula is C20H18F3N5O3S. The average Bonchev–Trinajstić information content (AvgIpc) is 3.18. The van der Waals surface area contributed by atoms with Gasteiger partial charge in [0.1, 0.15) is 5.65 Å². The van der Waals surface area contributed by atoms with Gasteiger partial charge in [-0.25, -0.2) is 23.4 Å². The minimum Gasteiger partial charge on any atom is -0.457 e. The van der Waals surface area contributed by atoms with Crippen molar-refractivity contribution in [2.75, 3.05) is 10.5 Å². The molecule has 0 saturated heterocycles. The first kappa shape index (κ1) is 21.8. The number of aromatic nitrogens is 4. The number of benzene rings is 1. The van der Waals surface area contributed by atoms with Crippen LogP contribution in [-0.2, 0) is 10.0 Å². The fraction of sp³-hybridized carbons (Fsp3) is 0.250. The van der Waals surface area contributed by atoms with E-state index in [9.17, 15) is 21.6 Å². The summed E-state index contributed by atoms with van der Waals surface area (Å²) in [6.45, 7) is 1.66. The number of para-hydroxylation sites is 2. The molecule has 0 aliphatic heterocycles. The number of anilines is 1. The van der Waals surface area contributed by atoms with Gasteiger partial charge in [-0.15, -0.1) is 0 Å². The van der Waals surface area contributed by atoms with Gasteiger partial charge in [0.05, 0.1) is 16.8 Å². The van der Waals surface area contributed by atoms with Gasteiger partial charge in [-0.1, -0.05) is 19.1 Å². The summed E-state index contributed by atoms with van der Waals surface area (Å²) >= 11 is 0. The van der Waals surface area contributed by atoms with E-state index in [1.165, 1.54) is 35.1 Å². The van der Waals surface area contributed by atoms with E-state index in [2.05, 4.69) is 19.7 Å². The van der Waals surface area contributed by atoms with E-state index in [-0.39, 0.29) is 16.8 Å². The fourth-order valence-electron chi connectivity index (χ4n) is 3.13. The Morgan fingerprint density at radius 2 is 1.84 bits per heavy atom. The largest absolute Gasteiger partial charge is 0.457 e. The molecule has 0 radical (unpaired) electrons. The van der Waals surface area contributed by atoms with E-state index in [4.69, 9.17) is 4.74 Å². The Morgan fingerprint density at radius 1 is 1.12 bits per heavy atom. The lowest BCUT2D eigenvalue weighted by Gasteiger charge is -2.23. The first-order chi connectivity index (χ1) is 15.2. The molecule has 1 N–H and O–H groups in total. The first-order valence-corrected chi connectivity index (χ1v) is 11.2. The summed E-state index contributed by atoms with van der Waals surface area (Å²) in [6, 6.07) is 9.07. The molecule has 0 aliphatic carbocycles. The smallest absolute Gasteiger partial charge is 0.429 e. The second-order valence-electron chi connectivity index (χ2n) is 6.98. The van der Waals surface area contributed by atoms with Gasteiger partial charge in [0.25, 0.3) is 5.88 Å². The Labute approximate surface area is 181 Å². The molecule has 1 atom stereocenters. The SMILES string of the molecule is CCCS(=O)(=O)Nc1nc2ccccc2nc1OC(c1ccc2nccn2c1)C(F)(F)F. The Hall–Kier alpha value is -3.41. The number of alkyl halides is 3. The molecule has 168 valence electrons. The lowest BCUT2D eigenvalue weighted by atomic mass is 10.1. The van der Waals surface area contributed by atoms with Crippen molar-refractivity contribution in [3.8, 4) is 5.88 Å². The van der Waals surface area contributed by atoms with Crippen molar-refractivity contribution in [3.63, 3.8) is 0 Å². The lowest BCUT2D eigenvalue weighted by Crippen LogP contribution is -2.27. The third-order valence-corrected chi connectivity index (χ3v) is 5.95. The zero-order valence-electron chi connectivity index (χ0n) is 16.7. The van der Waals surface area contributed by atoms with Crippen LogP contribution < -0.4 is 9.46 Å². The number of rotatable bonds is 7. The van der Waals surface area contributed by atoms with E-state index >= 15 is 0 Å². The number of imidazole rings is 1. The number of nitrogens with zero attached hydrogens (tertiary/aromatic N) is 4. The third kappa shape index (κ3) is 4.59. The van der Waals surface area contributed by atoms with Gasteiger partial charge in [0.2, 0.25) is 21.9 Å². The minimum atomic E-state index is -4.82. The number of halogens is 3. The molecule has 0 bridgehead atoms. The Morgan fingerprint density at radius 3 is 2.53 bits per heavy atom. The van der Waals surface area contributed by atoms with Crippen LogP contribution in [0.2, 0.25) is 0 Å². The molecule has 1 unspecified atom stereocenters. The Kier molecular flexibility index (Phi) is 5.63. The topological polar surface area (TPSA) is 98.5 Å². The average molecular weight is 465 g/mol. The lowest BCUT2D eigenvalue weighted by molar-refractivity contribution is -0.198. The van der Waals surface area contributed by atoms with Crippen molar-refractivity contribution in [1.82, 2.24) is 19.4 Å². The summed E-state index contributed by atoms with van der Waals surface area (Å²) in [7, 11) is -3.86. The zero-order chi connectivity index (χ0) is 22.9. The highest BCUT2D eigenvalue weighted by Gasteiger charge is 2.44. The van der Waals surface area contributed by atoms with Crippen LogP contribution in [0.4, 0.5) is 19.0 Å². The van der Waals surface area contributed by atoms with E-state index in [0.29, 0.717) is 17.6 Å². The van der Waals surface area contributed by atoms with Gasteiger partial charge in [-0.3, -0.25) is 4.72 Å². The minimum absolute atomic E-state index is 0.208. The maximum atomic E-state index is 14.0. The van der Waals surface area contributed by atoms with Crippen LogP contribution in [-0.4, -0.2) is 39.7 Å². The molecule has 0 aliphatic rings. The quantitative estimate of drug-likeness (QED) is 0.441. The highest BCUT2D eigenvalue weighted by Crippen LogP contribution is 2.38. The van der Waals surface area contributed by atoms with Crippen LogP contribution in [0.1, 0.15) is 25.0 Å². The Bertz CT molecular complexity index is 1370. The molecule has 1 aromatic carbocycles. The van der Waals surface area contributed by atoms with Crippen molar-refractivity contribution in [2.24, 2.45) is 0 Å². The molecule has 3 heterocycles. The van der Waals surface area contributed by atoms with Crippen LogP contribution in [0.15, 0.2) is 55.0 Å². The van der Waals surface area contributed by atoms with Crippen molar-refractivity contribution in [3.05, 3.63) is 60.6 Å². The van der Waals surface area contributed by atoms with Crippen molar-refractivity contribution in [1.29, 1.82) is 0 Å². The van der Waals surface area contributed by atoms with Crippen LogP contribution in [0, 0.1) is 0 Å². The molecular weight excluding hydrogens is 447 g/mol. The normalized spacial score (nSPS) is 13.4. The van der Waals surface area contributed by atoms with E-state index in [1.807, 2.05) is 0 Å². The number of sulfonamides is 1. The van der Waals surface area contributed by atoms with Gasteiger partial charge in [0.15, 0.2) is 0 Å². The summed E-state index contributed by atoms with van der Waals surface area (Å²) in [4.78, 5) is 12.3. The molecule has 0 saturated carbocycles. The van der Waals surface area contributed by atoms with Gasteiger partial charge in [-0.2, -0.15) is 13.2 Å². The number of hydrogen-bond acceptors (Lipinski definition) is 6. The standard InChI is InChI=1S/C20H18F3N5O3S/c1-2-11-32(29,30)27-18-19(26-15-6-4-3-5-14(15)25-18)31-17(20(21,22)23)13-7-8-16-24-9-10-28(16)12-13/h3-10,12,17H,2,11H2,1H3,(H,25,27). The highest BCUT2D eigenvalue weighted by atomic mass is 32.2. The predicted octanol–water partition coefficient (Wildman–Crippen LogP) is 4.11. The van der Waals surface area contributed by atoms with E-state index in [1.54, 1.807) is 31.2 Å². The number of ether oxygens (including phenoxy) is 1. The van der Waals surface area contributed by atoms with Crippen LogP contribution in [0.25, 0.3) is 16.7 Å². The zero-order valence-corrected chi connectivity index (χ0v) is 17.6. The predicted molar refractivity (Wildman–Crippen MR) is 112 cm³/mol. The van der Waals surface area contributed by atoms with Crippen LogP contribution in [0.5, 0.6) is 5.88 Å². The summed E-state index contributed by atoms with van der Waals surface area (Å²) in [5, 5.41) is 0. The summed E-state index contributed by atoms with van der Waals surface area (Å²) < 4.78 is 75.5. The molecule has 4 aromatic rings. The summed E-state index contributed by atoms with van der Waals surface area (Å²) in [6.07, 6.45) is -2.72. The number of fused-ring (bicyclic) bond motifs is 2. The first-order valence-electron chi connectivity index (χ1n) is 9.59. The molecule has 0 fully saturated rings. The van der Waals surface area contributed by atoms with Crippen LogP contribution >= 0.6 is 0 Å². The molecule has 0 amide bonds. The second kappa shape index (κ2) is 8.26. The second-order valence-corrected chi connectivity index (χ2v) is 8.82. The van der Waals surface area contributed by atoms with E-state index < -0.39 is 34.0 Å². The summed E-state index contributed by atoms with van der Waals surface area (Å²) in [5.41, 5.74) is 0.817. The van der Waals surface area contributed by atoms with Gasteiger partial charge >= 0.3 is 6.18 Å². The highest BCUT2D eigenvalue weighted by molar-refractivity contribution is 7.92. The van der Waals surface area contributed by atoms with E-state index in [0.717, 1.165) is 0 Å². The van der Waals surface area contributed by atoms with Crippen molar-refractivity contribution < 1.29 is 26.3 Å². The van der Waals surface area contributed by atoms with Gasteiger partial charge < -0.3 is 9.14 Å². The molecule has 32 heavy (non-hydrogen) atoms. The number of pyridine rings is 1. The Balaban J connectivity index is 1.81. The maximum absolute atomic E-state index is 14.0. The summed E-state index contributed by atoms with van der Waals surface area (Å²) in [5.74, 6) is -1.22. The molecule has 0 spiro atoms. The molecule has 3 aromatic heterocycles. The molecule has 12 heteroatoms. The van der Waals surface area contributed by atoms with Gasteiger partial charge in [-0.05, 0) is 30.7 Å². The number of hydrogen-bond donors (Lipinski definition) is 1. The van der Waals surface area contributed by atoms with Crippen LogP contribution in [0.3, 0.4) is 0 Å². The number of nitrogens with one attached hydrogen (secondary N) is 1. The maximum Gasteiger partial charge on any atom is 0.429 e. The van der Waals surface area contributed by atoms with Crippen molar-refractivity contribution in [2.45, 2.75) is 25.6 Å². The molecule has 8 nitrogen and oxygen atoms in total. The fourth-order valence-corrected chi connectivity index (χ4v) is 4.19. The molecule has 4 rings (SSSR count). The third-order valence-electron chi connectivity index (χ3n) is 4.50. The monoisotopic (exact) mass is 465 g/mol. The van der Waals surface area contributed by atoms with Crippen molar-refractivity contribution >= 4 is 32.5 Å². The van der Waals surface area contributed by atoms with Gasteiger partial charge in [0, 0.05) is 24.2 Å².